The first kappa shape index (κ1) is 22.0. The number of benzene rings is 2. The molecule has 2 amide bonds. The number of nitrogens with zero attached hydrogens (tertiary/aromatic N) is 1. The SMILES string of the molecule is CCOc1cc(/C=C2/SC(=O)N(c3cccc(Cl)c3)C2=O)cc(I)c1OC(C)C. The molecule has 1 aliphatic rings. The van der Waals surface area contributed by atoms with Crippen molar-refractivity contribution in [2.75, 3.05) is 11.5 Å². The number of carbonyl (C=O) groups is 2. The van der Waals surface area contributed by atoms with Crippen LogP contribution in [0.4, 0.5) is 10.5 Å². The number of imide groups is 1. The van der Waals surface area contributed by atoms with Crippen LogP contribution in [0.3, 0.4) is 0 Å². The average Bonchev–Trinajstić information content (AvgIpc) is 2.91. The van der Waals surface area contributed by atoms with E-state index in [4.69, 9.17) is 21.1 Å². The monoisotopic (exact) mass is 543 g/mol. The van der Waals surface area contributed by atoms with Crippen molar-refractivity contribution in [1.82, 2.24) is 0 Å². The van der Waals surface area contributed by atoms with Gasteiger partial charge in [-0.3, -0.25) is 9.59 Å². The molecule has 0 N–H and O–H groups in total. The van der Waals surface area contributed by atoms with Gasteiger partial charge in [0.15, 0.2) is 11.5 Å². The Morgan fingerprint density at radius 3 is 2.66 bits per heavy atom. The van der Waals surface area contributed by atoms with Crippen LogP contribution in [0.2, 0.25) is 5.02 Å². The Kier molecular flexibility index (Phi) is 7.13. The van der Waals surface area contributed by atoms with Crippen LogP contribution in [0, 0.1) is 3.57 Å². The van der Waals surface area contributed by atoms with E-state index >= 15 is 0 Å². The Bertz CT molecular complexity index is 993. The van der Waals surface area contributed by atoms with Crippen LogP contribution in [-0.4, -0.2) is 23.9 Å². The van der Waals surface area contributed by atoms with Gasteiger partial charge >= 0.3 is 0 Å². The highest BCUT2D eigenvalue weighted by Crippen LogP contribution is 2.39. The third-order valence-electron chi connectivity index (χ3n) is 3.84. The number of amides is 2. The number of rotatable bonds is 6. The Balaban J connectivity index is 1.95. The van der Waals surface area contributed by atoms with Crippen molar-refractivity contribution in [3.05, 3.63) is 55.5 Å². The Morgan fingerprint density at radius 2 is 2.00 bits per heavy atom. The third-order valence-corrected chi connectivity index (χ3v) is 5.75. The third kappa shape index (κ3) is 5.07. The maximum absolute atomic E-state index is 12.9. The number of carbonyl (C=O) groups excluding carboxylic acids is 2. The highest BCUT2D eigenvalue weighted by molar-refractivity contribution is 14.1. The Hall–Kier alpha value is -1.71. The lowest BCUT2D eigenvalue weighted by Gasteiger charge is -2.17. The molecule has 2 aromatic carbocycles. The van der Waals surface area contributed by atoms with E-state index in [1.54, 1.807) is 30.3 Å². The summed E-state index contributed by atoms with van der Waals surface area (Å²) < 4.78 is 12.5. The predicted molar refractivity (Wildman–Crippen MR) is 126 cm³/mol. The van der Waals surface area contributed by atoms with Crippen molar-refractivity contribution >= 4 is 68.9 Å². The molecule has 1 saturated heterocycles. The summed E-state index contributed by atoms with van der Waals surface area (Å²) in [5, 5.41) is 0.102. The summed E-state index contributed by atoms with van der Waals surface area (Å²) in [5.74, 6) is 0.901. The van der Waals surface area contributed by atoms with E-state index in [2.05, 4.69) is 22.6 Å². The molecule has 2 aromatic rings. The van der Waals surface area contributed by atoms with Crippen LogP contribution in [0.25, 0.3) is 6.08 Å². The van der Waals surface area contributed by atoms with E-state index < -0.39 is 0 Å². The zero-order valence-electron chi connectivity index (χ0n) is 16.1. The molecule has 0 unspecified atom stereocenters. The number of ether oxygens (including phenoxy) is 2. The minimum Gasteiger partial charge on any atom is -0.490 e. The molecule has 0 saturated carbocycles. The van der Waals surface area contributed by atoms with Crippen LogP contribution in [0.5, 0.6) is 11.5 Å². The van der Waals surface area contributed by atoms with Crippen molar-refractivity contribution in [3.8, 4) is 11.5 Å². The van der Waals surface area contributed by atoms with Crippen LogP contribution in [0.15, 0.2) is 41.3 Å². The lowest BCUT2D eigenvalue weighted by molar-refractivity contribution is -0.113. The second-order valence-corrected chi connectivity index (χ2v) is 9.02. The van der Waals surface area contributed by atoms with Gasteiger partial charge < -0.3 is 9.47 Å². The largest absolute Gasteiger partial charge is 0.490 e. The number of hydrogen-bond acceptors (Lipinski definition) is 5. The van der Waals surface area contributed by atoms with Crippen LogP contribution >= 0.6 is 46.0 Å². The average molecular weight is 544 g/mol. The van der Waals surface area contributed by atoms with E-state index in [1.165, 1.54) is 0 Å². The second kappa shape index (κ2) is 9.40. The normalized spacial score (nSPS) is 15.5. The summed E-state index contributed by atoms with van der Waals surface area (Å²) >= 11 is 9.08. The first-order valence-corrected chi connectivity index (χ1v) is 11.2. The number of anilines is 1. The second-order valence-electron chi connectivity index (χ2n) is 6.43. The van der Waals surface area contributed by atoms with Crippen molar-refractivity contribution < 1.29 is 19.1 Å². The fraction of sp³-hybridized carbons (Fsp3) is 0.238. The summed E-state index contributed by atoms with van der Waals surface area (Å²) in [7, 11) is 0. The highest BCUT2D eigenvalue weighted by atomic mass is 127. The molecular formula is C21H19ClINO4S. The van der Waals surface area contributed by atoms with Gasteiger partial charge in [0.25, 0.3) is 11.1 Å². The molecule has 1 fully saturated rings. The molecule has 0 atom stereocenters. The van der Waals surface area contributed by atoms with Gasteiger partial charge in [-0.2, -0.15) is 0 Å². The van der Waals surface area contributed by atoms with E-state index in [0.717, 1.165) is 25.8 Å². The van der Waals surface area contributed by atoms with Gasteiger partial charge in [-0.05, 0) is 97.1 Å². The van der Waals surface area contributed by atoms with Gasteiger partial charge in [-0.1, -0.05) is 17.7 Å². The van der Waals surface area contributed by atoms with Gasteiger partial charge in [-0.15, -0.1) is 0 Å². The first-order valence-electron chi connectivity index (χ1n) is 8.96. The molecule has 1 aliphatic heterocycles. The van der Waals surface area contributed by atoms with Crippen molar-refractivity contribution in [2.45, 2.75) is 26.9 Å². The van der Waals surface area contributed by atoms with E-state index in [0.29, 0.717) is 33.7 Å². The Morgan fingerprint density at radius 1 is 1.24 bits per heavy atom. The fourth-order valence-corrected chi connectivity index (χ4v) is 4.52. The summed E-state index contributed by atoms with van der Waals surface area (Å²) in [6.07, 6.45) is 1.70. The molecule has 8 heteroatoms. The molecule has 0 aromatic heterocycles. The molecule has 3 rings (SSSR count). The van der Waals surface area contributed by atoms with Gasteiger partial charge in [0.1, 0.15) is 0 Å². The number of halogens is 2. The van der Waals surface area contributed by atoms with Gasteiger partial charge in [0.2, 0.25) is 0 Å². The topological polar surface area (TPSA) is 55.8 Å². The molecule has 0 aliphatic carbocycles. The van der Waals surface area contributed by atoms with Crippen LogP contribution < -0.4 is 14.4 Å². The van der Waals surface area contributed by atoms with E-state index in [-0.39, 0.29) is 17.3 Å². The smallest absolute Gasteiger partial charge is 0.298 e. The lowest BCUT2D eigenvalue weighted by atomic mass is 10.1. The summed E-state index contributed by atoms with van der Waals surface area (Å²) in [4.78, 5) is 26.8. The molecule has 5 nitrogen and oxygen atoms in total. The minimum atomic E-state index is -0.377. The molecule has 1 heterocycles. The minimum absolute atomic E-state index is 0.00256. The molecular weight excluding hydrogens is 525 g/mol. The van der Waals surface area contributed by atoms with Crippen LogP contribution in [0.1, 0.15) is 26.3 Å². The zero-order chi connectivity index (χ0) is 21.1. The predicted octanol–water partition coefficient (Wildman–Crippen LogP) is 6.37. The highest BCUT2D eigenvalue weighted by Gasteiger charge is 2.36. The lowest BCUT2D eigenvalue weighted by Crippen LogP contribution is -2.27. The fourth-order valence-electron chi connectivity index (χ4n) is 2.74. The maximum atomic E-state index is 12.9. The molecule has 29 heavy (non-hydrogen) atoms. The van der Waals surface area contributed by atoms with Gasteiger partial charge in [0, 0.05) is 5.02 Å². The summed E-state index contributed by atoms with van der Waals surface area (Å²) in [5.41, 5.74) is 1.21. The van der Waals surface area contributed by atoms with Crippen molar-refractivity contribution in [1.29, 1.82) is 0 Å². The number of hydrogen-bond donors (Lipinski definition) is 0. The van der Waals surface area contributed by atoms with Crippen LogP contribution in [-0.2, 0) is 4.79 Å². The molecule has 152 valence electrons. The standard InChI is InChI=1S/C21H19ClINO4S/c1-4-27-17-9-13(8-16(23)19(17)28-12(2)3)10-18-20(25)24(21(26)29-18)15-7-5-6-14(22)11-15/h5-12H,4H2,1-3H3/b18-10+. The first-order chi connectivity index (χ1) is 13.8. The van der Waals surface area contributed by atoms with E-state index in [1.807, 2.05) is 32.9 Å². The van der Waals surface area contributed by atoms with Gasteiger partial charge in [0.05, 0.1) is 26.9 Å². The number of thioether (sulfide) groups is 1. The van der Waals surface area contributed by atoms with E-state index in [9.17, 15) is 9.59 Å². The van der Waals surface area contributed by atoms with Gasteiger partial charge in [-0.25, -0.2) is 4.90 Å². The zero-order valence-corrected chi connectivity index (χ0v) is 19.8. The molecule has 0 spiro atoms. The molecule has 0 radical (unpaired) electrons. The quantitative estimate of drug-likeness (QED) is 0.313. The van der Waals surface area contributed by atoms with Crippen molar-refractivity contribution in [3.63, 3.8) is 0 Å². The summed E-state index contributed by atoms with van der Waals surface area (Å²) in [6, 6.07) is 10.4. The van der Waals surface area contributed by atoms with Crippen molar-refractivity contribution in [2.24, 2.45) is 0 Å². The maximum Gasteiger partial charge on any atom is 0.298 e. The Labute approximate surface area is 192 Å². The molecule has 0 bridgehead atoms. The summed E-state index contributed by atoms with van der Waals surface area (Å²) in [6.45, 7) is 6.28.